The predicted molar refractivity (Wildman–Crippen MR) is 126 cm³/mol. The number of carboxylic acids is 1. The van der Waals surface area contributed by atoms with Crippen LogP contribution >= 0.6 is 11.8 Å². The molecule has 2 aliphatic heterocycles. The van der Waals surface area contributed by atoms with Crippen molar-refractivity contribution in [3.05, 3.63) is 41.6 Å². The van der Waals surface area contributed by atoms with Crippen molar-refractivity contribution < 1.29 is 33.2 Å². The first-order chi connectivity index (χ1) is 15.8. The fourth-order valence-corrected chi connectivity index (χ4v) is 5.39. The number of aliphatic carboxylic acids is 1. The van der Waals surface area contributed by atoms with E-state index in [9.17, 15) is 28.5 Å². The molecule has 34 heavy (non-hydrogen) atoms. The first-order valence-electron chi connectivity index (χ1n) is 10.5. The number of nitrogens with one attached hydrogen (secondary N) is 2. The molecular weight excluding hydrogens is 482 g/mol. The van der Waals surface area contributed by atoms with Crippen molar-refractivity contribution in [2.24, 2.45) is 0 Å². The van der Waals surface area contributed by atoms with Crippen molar-refractivity contribution >= 4 is 46.4 Å². The van der Waals surface area contributed by atoms with Crippen molar-refractivity contribution in [2.45, 2.75) is 60.9 Å². The van der Waals surface area contributed by atoms with Crippen LogP contribution in [0.15, 0.2) is 40.9 Å². The largest absolute Gasteiger partial charge is 0.477 e. The van der Waals surface area contributed by atoms with Crippen molar-refractivity contribution in [1.29, 1.82) is 0 Å². The fraction of sp³-hybridized carbons (Fsp3) is 0.455. The normalized spacial score (nSPS) is 23.6. The number of hydrogen-bond acceptors (Lipinski definition) is 7. The van der Waals surface area contributed by atoms with E-state index in [1.807, 2.05) is 0 Å². The molecule has 0 saturated carbocycles. The lowest BCUT2D eigenvalue weighted by Crippen LogP contribution is -2.71. The van der Waals surface area contributed by atoms with Crippen LogP contribution in [-0.4, -0.2) is 66.6 Å². The predicted octanol–water partition coefficient (Wildman–Crippen LogP) is 1.75. The molecule has 2 heterocycles. The van der Waals surface area contributed by atoms with E-state index in [1.165, 1.54) is 24.1 Å². The highest BCUT2D eigenvalue weighted by Crippen LogP contribution is 2.40. The monoisotopic (exact) mass is 509 g/mol. The van der Waals surface area contributed by atoms with Crippen molar-refractivity contribution in [1.82, 2.24) is 15.5 Å². The molecule has 0 aliphatic carbocycles. The molecule has 3 N–H and O–H groups in total. The second-order valence-electron chi connectivity index (χ2n) is 8.89. The smallest absolute Gasteiger partial charge is 0.408 e. The summed E-state index contributed by atoms with van der Waals surface area (Å²) in [5, 5.41) is 13.8. The third-order valence-corrected chi connectivity index (χ3v) is 7.30. The quantitative estimate of drug-likeness (QED) is 0.493. The Balaban J connectivity index is 1.82. The molecule has 5 atom stereocenters. The molecule has 3 rings (SSSR count). The van der Waals surface area contributed by atoms with E-state index in [0.29, 0.717) is 10.5 Å². The summed E-state index contributed by atoms with van der Waals surface area (Å²) in [5.41, 5.74) is -0.511. The first-order valence-corrected chi connectivity index (χ1v) is 13.0. The van der Waals surface area contributed by atoms with Gasteiger partial charge in [-0.15, -0.1) is 11.8 Å². The lowest BCUT2D eigenvalue weighted by Gasteiger charge is -2.49. The van der Waals surface area contributed by atoms with Crippen LogP contribution in [0.25, 0.3) is 0 Å². The molecule has 1 aromatic carbocycles. The topological polar surface area (TPSA) is 142 Å². The summed E-state index contributed by atoms with van der Waals surface area (Å²) in [6.07, 6.45) is 2.19. The van der Waals surface area contributed by atoms with Crippen LogP contribution in [0, 0.1) is 0 Å². The molecule has 3 amide bonds. The van der Waals surface area contributed by atoms with E-state index in [-0.39, 0.29) is 10.9 Å². The number of carbonyl (C=O) groups is 4. The molecule has 12 heteroatoms. The summed E-state index contributed by atoms with van der Waals surface area (Å²) in [6, 6.07) is 4.15. The van der Waals surface area contributed by atoms with Gasteiger partial charge in [-0.25, -0.2) is 9.59 Å². The summed E-state index contributed by atoms with van der Waals surface area (Å²) in [7, 11) is -1.23. The Kier molecular flexibility index (Phi) is 7.41. The lowest BCUT2D eigenvalue weighted by atomic mass is 10.0. The van der Waals surface area contributed by atoms with E-state index in [2.05, 4.69) is 10.6 Å². The number of ether oxygens (including phenoxy) is 1. The number of carboxylic acid groups (broad SMARTS) is 1. The number of benzene rings is 1. The Morgan fingerprint density at radius 2 is 1.82 bits per heavy atom. The Morgan fingerprint density at radius 3 is 2.35 bits per heavy atom. The van der Waals surface area contributed by atoms with E-state index in [4.69, 9.17) is 4.74 Å². The molecule has 0 radical (unpaired) electrons. The van der Waals surface area contributed by atoms with Gasteiger partial charge in [-0.2, -0.15) is 0 Å². The number of amides is 3. The molecule has 1 saturated heterocycles. The van der Waals surface area contributed by atoms with Gasteiger partial charge in [0.05, 0.1) is 0 Å². The Bertz CT molecular complexity index is 1070. The summed E-state index contributed by atoms with van der Waals surface area (Å²) in [4.78, 5) is 51.6. The van der Waals surface area contributed by atoms with Crippen LogP contribution in [0.2, 0.25) is 0 Å². The molecule has 2 aliphatic rings. The fourth-order valence-electron chi connectivity index (χ4n) is 3.54. The van der Waals surface area contributed by atoms with Crippen molar-refractivity contribution in [3.8, 4) is 0 Å². The molecule has 10 nitrogen and oxygen atoms in total. The first kappa shape index (κ1) is 25.8. The number of thioether (sulfide) groups is 1. The van der Waals surface area contributed by atoms with E-state index in [1.54, 1.807) is 52.0 Å². The number of alkyl carbamates (subject to hydrolysis) is 1. The highest BCUT2D eigenvalue weighted by Gasteiger charge is 2.54. The van der Waals surface area contributed by atoms with Gasteiger partial charge in [0.25, 0.3) is 5.91 Å². The zero-order valence-electron chi connectivity index (χ0n) is 19.4. The van der Waals surface area contributed by atoms with E-state index >= 15 is 0 Å². The zero-order valence-corrected chi connectivity index (χ0v) is 21.0. The molecule has 1 fully saturated rings. The van der Waals surface area contributed by atoms with Crippen LogP contribution < -0.4 is 10.6 Å². The molecule has 184 valence electrons. The van der Waals surface area contributed by atoms with Crippen LogP contribution in [0.3, 0.4) is 0 Å². The van der Waals surface area contributed by atoms with E-state index in [0.717, 1.165) is 4.90 Å². The Labute approximate surface area is 203 Å². The third kappa shape index (κ3) is 5.61. The van der Waals surface area contributed by atoms with Crippen molar-refractivity contribution in [3.63, 3.8) is 0 Å². The van der Waals surface area contributed by atoms with Gasteiger partial charge < -0.3 is 20.5 Å². The van der Waals surface area contributed by atoms with E-state index < -0.39 is 57.7 Å². The van der Waals surface area contributed by atoms with Crippen molar-refractivity contribution in [2.75, 3.05) is 6.26 Å². The molecule has 0 spiro atoms. The average Bonchev–Trinajstić information content (AvgIpc) is 2.73. The minimum absolute atomic E-state index is 0.113. The Morgan fingerprint density at radius 1 is 1.21 bits per heavy atom. The molecule has 1 aromatic rings. The van der Waals surface area contributed by atoms with Gasteiger partial charge in [-0.3, -0.25) is 18.7 Å². The van der Waals surface area contributed by atoms with Gasteiger partial charge in [0.1, 0.15) is 28.8 Å². The minimum atomic E-state index is -1.23. The molecule has 4 unspecified atom stereocenters. The molecule has 0 bridgehead atoms. The second-order valence-corrected chi connectivity index (χ2v) is 11.8. The van der Waals surface area contributed by atoms with Gasteiger partial charge in [-0.1, -0.05) is 12.1 Å². The van der Waals surface area contributed by atoms with Gasteiger partial charge in [0, 0.05) is 27.2 Å². The maximum atomic E-state index is 13.2. The van der Waals surface area contributed by atoms with Crippen LogP contribution in [0.4, 0.5) is 4.79 Å². The molecular formula is C22H27N3O7S2. The van der Waals surface area contributed by atoms with Crippen LogP contribution in [0.5, 0.6) is 0 Å². The lowest BCUT2D eigenvalue weighted by molar-refractivity contribution is -0.150. The third-order valence-electron chi connectivity index (χ3n) is 5.03. The summed E-state index contributed by atoms with van der Waals surface area (Å²) < 4.78 is 17.0. The zero-order chi connectivity index (χ0) is 25.4. The average molecular weight is 510 g/mol. The minimum Gasteiger partial charge on any atom is -0.477 e. The number of carbonyl (C=O) groups excluding carboxylic acids is 3. The highest BCUT2D eigenvalue weighted by atomic mass is 32.2. The maximum Gasteiger partial charge on any atom is 0.408 e. The van der Waals surface area contributed by atoms with Gasteiger partial charge in [-0.05, 0) is 51.5 Å². The summed E-state index contributed by atoms with van der Waals surface area (Å²) in [5.74, 6) is -2.42. The van der Waals surface area contributed by atoms with Crippen LogP contribution in [-0.2, 0) is 29.9 Å². The second kappa shape index (κ2) is 9.79. The van der Waals surface area contributed by atoms with Gasteiger partial charge in [0.15, 0.2) is 0 Å². The summed E-state index contributed by atoms with van der Waals surface area (Å²) >= 11 is 1.35. The van der Waals surface area contributed by atoms with Gasteiger partial charge in [0.2, 0.25) is 5.91 Å². The molecule has 0 aromatic heterocycles. The number of nitrogens with zero attached hydrogens (tertiary/aromatic N) is 1. The maximum absolute atomic E-state index is 13.2. The number of rotatable bonds is 6. The highest BCUT2D eigenvalue weighted by molar-refractivity contribution is 8.00. The standard InChI is InChI=1S/C22H27N3O7S2/c1-11-10-14(20(28)29)25-18(27)16(19(25)33-11)23-17(26)15(24-21(30)32-22(2,3)4)12-6-8-13(9-7-12)34(5)31/h6-11,15-16,19H,1-5H3,(H,23,26)(H,24,30)(H,28,29)/t11?,15?,16?,19-,34?/m0/s1. The number of fused-ring (bicyclic) bond motifs is 1. The number of β-lactam (4-membered cyclic amide) rings is 1. The SMILES string of the molecule is CC1C=C(C(=O)O)N2C(=O)C(NC(=O)C(NC(=O)OC(C)(C)C)c3ccc(S(C)=O)cc3)[C@@H]2S1. The van der Waals surface area contributed by atoms with Gasteiger partial charge >= 0.3 is 12.1 Å². The summed E-state index contributed by atoms with van der Waals surface area (Å²) in [6.45, 7) is 6.86. The van der Waals surface area contributed by atoms with Crippen LogP contribution in [0.1, 0.15) is 39.3 Å². The Hall–Kier alpha value is -2.86. The number of hydrogen-bond donors (Lipinski definition) is 3.